The predicted octanol–water partition coefficient (Wildman–Crippen LogP) is 4.99. The summed E-state index contributed by atoms with van der Waals surface area (Å²) in [5.74, 6) is -0.725. The van der Waals surface area contributed by atoms with Crippen molar-refractivity contribution in [3.05, 3.63) is 65.7 Å². The van der Waals surface area contributed by atoms with Crippen LogP contribution in [0.25, 0.3) is 0 Å². The maximum Gasteiger partial charge on any atom is 0.338 e. The van der Waals surface area contributed by atoms with Crippen molar-refractivity contribution in [2.75, 3.05) is 11.9 Å². The molecule has 6 nitrogen and oxygen atoms in total. The number of halogens is 3. The van der Waals surface area contributed by atoms with Gasteiger partial charge in [-0.15, -0.1) is 0 Å². The first-order valence-corrected chi connectivity index (χ1v) is 11.5. The third kappa shape index (κ3) is 9.20. The highest BCUT2D eigenvalue weighted by atomic mass is 35.6. The maximum absolute atomic E-state index is 12.4. The Labute approximate surface area is 207 Å². The van der Waals surface area contributed by atoms with E-state index in [4.69, 9.17) is 51.8 Å². The van der Waals surface area contributed by atoms with Crippen molar-refractivity contribution < 1.29 is 14.3 Å². The predicted molar refractivity (Wildman–Crippen MR) is 133 cm³/mol. The molecular weight excluding hydrogens is 493 g/mol. The zero-order valence-corrected chi connectivity index (χ0v) is 20.5. The summed E-state index contributed by atoms with van der Waals surface area (Å²) in [7, 11) is 0. The molecule has 2 rings (SSSR count). The number of carbonyl (C=O) groups excluding carboxylic acids is 2. The lowest BCUT2D eigenvalue weighted by molar-refractivity contribution is -0.121. The number of unbranched alkanes of at least 4 members (excludes halogenated alkanes) is 1. The number of amides is 1. The largest absolute Gasteiger partial charge is 0.462 e. The molecule has 0 aliphatic rings. The number of ether oxygens (including phenoxy) is 1. The number of esters is 1. The zero-order valence-electron chi connectivity index (χ0n) is 17.4. The maximum atomic E-state index is 12.4. The number of nitrogens with one attached hydrogen (secondary N) is 3. The van der Waals surface area contributed by atoms with Crippen molar-refractivity contribution in [1.82, 2.24) is 10.6 Å². The highest BCUT2D eigenvalue weighted by Crippen LogP contribution is 2.29. The van der Waals surface area contributed by atoms with E-state index in [0.717, 1.165) is 18.4 Å². The molecule has 32 heavy (non-hydrogen) atoms. The van der Waals surface area contributed by atoms with Crippen molar-refractivity contribution in [3.8, 4) is 0 Å². The first-order chi connectivity index (χ1) is 15.2. The third-order valence-electron chi connectivity index (χ3n) is 4.23. The van der Waals surface area contributed by atoms with Crippen LogP contribution < -0.4 is 16.0 Å². The summed E-state index contributed by atoms with van der Waals surface area (Å²) < 4.78 is 3.32. The van der Waals surface area contributed by atoms with Crippen LogP contribution in [0.5, 0.6) is 0 Å². The number of carbonyl (C=O) groups is 2. The van der Waals surface area contributed by atoms with Gasteiger partial charge in [-0.2, -0.15) is 0 Å². The lowest BCUT2D eigenvalue weighted by Crippen LogP contribution is -2.56. The summed E-state index contributed by atoms with van der Waals surface area (Å²) in [6, 6.07) is 15.8. The van der Waals surface area contributed by atoms with Crippen molar-refractivity contribution in [2.45, 2.75) is 36.1 Å². The summed E-state index contributed by atoms with van der Waals surface area (Å²) >= 11 is 23.3. The Balaban J connectivity index is 1.92. The molecular formula is C22H24Cl3N3O3S. The Morgan fingerprint density at radius 2 is 1.69 bits per heavy atom. The molecule has 1 amide bonds. The van der Waals surface area contributed by atoms with E-state index in [0.29, 0.717) is 17.9 Å². The minimum Gasteiger partial charge on any atom is -0.462 e. The van der Waals surface area contributed by atoms with E-state index < -0.39 is 9.96 Å². The van der Waals surface area contributed by atoms with Crippen LogP contribution >= 0.6 is 47.0 Å². The summed E-state index contributed by atoms with van der Waals surface area (Å²) in [6.07, 6.45) is 0.812. The highest BCUT2D eigenvalue weighted by molar-refractivity contribution is 7.80. The normalized spacial score (nSPS) is 11.9. The number of alkyl halides is 3. The number of benzene rings is 2. The monoisotopic (exact) mass is 515 g/mol. The van der Waals surface area contributed by atoms with Gasteiger partial charge in [0, 0.05) is 5.69 Å². The van der Waals surface area contributed by atoms with Crippen molar-refractivity contribution in [2.24, 2.45) is 0 Å². The Kier molecular flexibility index (Phi) is 10.5. The number of hydrogen-bond acceptors (Lipinski definition) is 4. The van der Waals surface area contributed by atoms with Gasteiger partial charge in [-0.1, -0.05) is 78.5 Å². The van der Waals surface area contributed by atoms with Crippen LogP contribution in [0.15, 0.2) is 54.6 Å². The van der Waals surface area contributed by atoms with Crippen molar-refractivity contribution in [1.29, 1.82) is 0 Å². The zero-order chi connectivity index (χ0) is 23.6. The Hall–Kier alpha value is -2.06. The molecule has 0 aliphatic carbocycles. The Morgan fingerprint density at radius 1 is 1.03 bits per heavy atom. The second-order valence-corrected chi connectivity index (χ2v) is 9.65. The molecule has 1 atom stereocenters. The molecule has 0 unspecified atom stereocenters. The summed E-state index contributed by atoms with van der Waals surface area (Å²) in [5.41, 5.74) is 1.85. The summed E-state index contributed by atoms with van der Waals surface area (Å²) in [6.45, 7) is 2.41. The number of hydrogen-bond donors (Lipinski definition) is 3. The van der Waals surface area contributed by atoms with Crippen molar-refractivity contribution in [3.63, 3.8) is 0 Å². The molecule has 0 saturated carbocycles. The molecule has 0 fully saturated rings. The molecule has 172 valence electrons. The first kappa shape index (κ1) is 26.2. The first-order valence-electron chi connectivity index (χ1n) is 9.93. The van der Waals surface area contributed by atoms with Gasteiger partial charge in [-0.3, -0.25) is 4.79 Å². The van der Waals surface area contributed by atoms with Gasteiger partial charge in [0.25, 0.3) is 0 Å². The topological polar surface area (TPSA) is 79.5 Å². The van der Waals surface area contributed by atoms with Gasteiger partial charge in [0.05, 0.1) is 18.6 Å². The smallest absolute Gasteiger partial charge is 0.338 e. The van der Waals surface area contributed by atoms with Crippen molar-refractivity contribution >= 4 is 69.7 Å². The van der Waals surface area contributed by atoms with Gasteiger partial charge in [0.15, 0.2) is 5.11 Å². The van der Waals surface area contributed by atoms with Crippen LogP contribution in [0.1, 0.15) is 35.7 Å². The van der Waals surface area contributed by atoms with E-state index in [1.54, 1.807) is 24.3 Å². The van der Waals surface area contributed by atoms with Gasteiger partial charge in [-0.05, 0) is 48.5 Å². The number of anilines is 1. The van der Waals surface area contributed by atoms with Gasteiger partial charge in [0.1, 0.15) is 6.17 Å². The van der Waals surface area contributed by atoms with Crippen LogP contribution in [-0.2, 0) is 16.0 Å². The minimum absolute atomic E-state index is 0.121. The molecule has 0 radical (unpaired) electrons. The third-order valence-corrected chi connectivity index (χ3v) is 5.10. The molecule has 2 aromatic rings. The van der Waals surface area contributed by atoms with Crippen LogP contribution in [0.4, 0.5) is 5.69 Å². The van der Waals surface area contributed by atoms with Gasteiger partial charge < -0.3 is 20.7 Å². The van der Waals surface area contributed by atoms with E-state index >= 15 is 0 Å². The fraction of sp³-hybridized carbons (Fsp3) is 0.318. The van der Waals surface area contributed by atoms with Gasteiger partial charge >= 0.3 is 5.97 Å². The van der Waals surface area contributed by atoms with Crippen LogP contribution in [0, 0.1) is 0 Å². The number of rotatable bonds is 9. The molecule has 0 aliphatic heterocycles. The highest BCUT2D eigenvalue weighted by Gasteiger charge is 2.34. The average molecular weight is 517 g/mol. The molecule has 0 heterocycles. The van der Waals surface area contributed by atoms with E-state index in [1.807, 2.05) is 37.3 Å². The van der Waals surface area contributed by atoms with Gasteiger partial charge in [0.2, 0.25) is 9.70 Å². The van der Waals surface area contributed by atoms with E-state index in [-0.39, 0.29) is 23.4 Å². The molecule has 0 aromatic heterocycles. The molecule has 2 aromatic carbocycles. The molecule has 10 heteroatoms. The molecule has 0 bridgehead atoms. The molecule has 3 N–H and O–H groups in total. The van der Waals surface area contributed by atoms with Crippen LogP contribution in [0.2, 0.25) is 0 Å². The summed E-state index contributed by atoms with van der Waals surface area (Å²) in [5, 5.41) is 8.48. The van der Waals surface area contributed by atoms with E-state index in [2.05, 4.69) is 16.0 Å². The number of thiocarbonyl (C=S) groups is 1. The average Bonchev–Trinajstić information content (AvgIpc) is 2.74. The standard InChI is InChI=1S/C22H24Cl3N3O3S/c1-2-3-13-31-19(30)16-9-11-17(12-10-16)26-21(32)28-20(22(23,24)25)27-18(29)14-15-7-5-4-6-8-15/h4-12,20H,2-3,13-14H2,1H3,(H,27,29)(H2,26,28,32)/t20-/m1/s1. The van der Waals surface area contributed by atoms with Gasteiger partial charge in [-0.25, -0.2) is 4.79 Å². The van der Waals surface area contributed by atoms with Crippen LogP contribution in [0.3, 0.4) is 0 Å². The quantitative estimate of drug-likeness (QED) is 0.143. The molecule has 0 saturated heterocycles. The fourth-order valence-electron chi connectivity index (χ4n) is 2.57. The summed E-state index contributed by atoms with van der Waals surface area (Å²) in [4.78, 5) is 24.3. The second-order valence-electron chi connectivity index (χ2n) is 6.87. The lowest BCUT2D eigenvalue weighted by atomic mass is 10.1. The SMILES string of the molecule is CCCCOC(=O)c1ccc(NC(=S)N[C@@H](NC(=O)Cc2ccccc2)C(Cl)(Cl)Cl)cc1. The fourth-order valence-corrected chi connectivity index (χ4v) is 3.14. The second kappa shape index (κ2) is 12.8. The molecule has 0 spiro atoms. The lowest BCUT2D eigenvalue weighted by Gasteiger charge is -2.27. The van der Waals surface area contributed by atoms with E-state index in [1.165, 1.54) is 0 Å². The Bertz CT molecular complexity index is 906. The Morgan fingerprint density at radius 3 is 2.28 bits per heavy atom. The van der Waals surface area contributed by atoms with E-state index in [9.17, 15) is 9.59 Å². The van der Waals surface area contributed by atoms with Crippen LogP contribution in [-0.4, -0.2) is 33.6 Å². The minimum atomic E-state index is -1.86.